The van der Waals surface area contributed by atoms with Crippen molar-refractivity contribution in [3.05, 3.63) is 35.1 Å². The highest BCUT2D eigenvalue weighted by atomic mass is 14.8. The van der Waals surface area contributed by atoms with Crippen molar-refractivity contribution in [2.24, 2.45) is 4.99 Å². The Bertz CT molecular complexity index is 327. The Morgan fingerprint density at radius 3 is 2.75 bits per heavy atom. The highest BCUT2D eigenvalue weighted by Crippen LogP contribution is 2.27. The molecule has 0 atom stereocenters. The lowest BCUT2D eigenvalue weighted by Gasteiger charge is -1.93. The maximum Gasteiger partial charge on any atom is 0.0715 e. The van der Waals surface area contributed by atoms with Gasteiger partial charge in [0.25, 0.3) is 0 Å². The SMILES string of the molecule is CCC1=[C]C2=C(CC)C=CC2=N1. The third-order valence-electron chi connectivity index (χ3n) is 2.26. The van der Waals surface area contributed by atoms with E-state index in [1.54, 1.807) is 0 Å². The van der Waals surface area contributed by atoms with Crippen molar-refractivity contribution in [1.82, 2.24) is 0 Å². The topological polar surface area (TPSA) is 12.4 Å². The smallest absolute Gasteiger partial charge is 0.0715 e. The molecule has 0 aromatic heterocycles. The van der Waals surface area contributed by atoms with Crippen molar-refractivity contribution in [2.45, 2.75) is 26.7 Å². The average molecular weight is 158 g/mol. The predicted octanol–water partition coefficient (Wildman–Crippen LogP) is 2.81. The number of fused-ring (bicyclic) bond motifs is 1. The third-order valence-corrected chi connectivity index (χ3v) is 2.26. The molecule has 1 heterocycles. The van der Waals surface area contributed by atoms with Gasteiger partial charge in [0.15, 0.2) is 0 Å². The first kappa shape index (κ1) is 7.53. The van der Waals surface area contributed by atoms with Crippen LogP contribution in [0.25, 0.3) is 0 Å². The predicted molar refractivity (Wildman–Crippen MR) is 50.9 cm³/mol. The van der Waals surface area contributed by atoms with Crippen molar-refractivity contribution in [3.8, 4) is 0 Å². The van der Waals surface area contributed by atoms with E-state index in [0.29, 0.717) is 0 Å². The van der Waals surface area contributed by atoms with Gasteiger partial charge in [0.1, 0.15) is 0 Å². The van der Waals surface area contributed by atoms with Crippen LogP contribution in [0.1, 0.15) is 26.7 Å². The van der Waals surface area contributed by atoms with Crippen molar-refractivity contribution in [3.63, 3.8) is 0 Å². The maximum atomic E-state index is 4.44. The van der Waals surface area contributed by atoms with E-state index in [0.717, 1.165) is 24.3 Å². The van der Waals surface area contributed by atoms with Crippen LogP contribution in [0.3, 0.4) is 0 Å². The van der Waals surface area contributed by atoms with E-state index < -0.39 is 0 Å². The summed E-state index contributed by atoms with van der Waals surface area (Å²) in [7, 11) is 0. The molecule has 0 aromatic carbocycles. The van der Waals surface area contributed by atoms with Gasteiger partial charge in [0.05, 0.1) is 5.71 Å². The zero-order chi connectivity index (χ0) is 8.55. The van der Waals surface area contributed by atoms with Crippen LogP contribution in [0.5, 0.6) is 0 Å². The number of rotatable bonds is 2. The van der Waals surface area contributed by atoms with Gasteiger partial charge in [-0.05, 0) is 24.5 Å². The fourth-order valence-corrected chi connectivity index (χ4v) is 1.53. The molecule has 0 spiro atoms. The molecule has 0 bridgehead atoms. The Labute approximate surface area is 73.2 Å². The average Bonchev–Trinajstić information content (AvgIpc) is 2.61. The minimum atomic E-state index is 0.984. The first-order valence-corrected chi connectivity index (χ1v) is 4.48. The normalized spacial score (nSPS) is 19.8. The van der Waals surface area contributed by atoms with E-state index in [1.165, 1.54) is 11.1 Å². The standard InChI is InChI=1S/C11H12N/c1-3-8-5-6-11-10(8)7-9(4-2)12-11/h5-6H,3-4H2,1-2H3. The molecule has 1 aliphatic carbocycles. The second-order valence-corrected chi connectivity index (χ2v) is 3.01. The lowest BCUT2D eigenvalue weighted by molar-refractivity contribution is 1.07. The lowest BCUT2D eigenvalue weighted by Crippen LogP contribution is -1.88. The summed E-state index contributed by atoms with van der Waals surface area (Å²) < 4.78 is 0. The second kappa shape index (κ2) is 2.74. The molecule has 2 rings (SSSR count). The lowest BCUT2D eigenvalue weighted by atomic mass is 10.1. The van der Waals surface area contributed by atoms with Gasteiger partial charge in [-0.25, -0.2) is 0 Å². The van der Waals surface area contributed by atoms with Crippen molar-refractivity contribution < 1.29 is 0 Å². The molecule has 0 unspecified atom stereocenters. The van der Waals surface area contributed by atoms with E-state index in [1.807, 2.05) is 0 Å². The number of nitrogens with zero attached hydrogens (tertiary/aromatic N) is 1. The summed E-state index contributed by atoms with van der Waals surface area (Å²) in [4.78, 5) is 4.44. The summed E-state index contributed by atoms with van der Waals surface area (Å²) in [6.45, 7) is 4.28. The first-order chi connectivity index (χ1) is 5.85. The van der Waals surface area contributed by atoms with E-state index in [4.69, 9.17) is 0 Å². The molecule has 12 heavy (non-hydrogen) atoms. The van der Waals surface area contributed by atoms with Gasteiger partial charge in [-0.15, -0.1) is 0 Å². The van der Waals surface area contributed by atoms with Crippen molar-refractivity contribution in [2.75, 3.05) is 0 Å². The Hall–Kier alpha value is -1.11. The van der Waals surface area contributed by atoms with Gasteiger partial charge in [-0.1, -0.05) is 19.9 Å². The molecule has 1 heteroatoms. The van der Waals surface area contributed by atoms with Gasteiger partial charge < -0.3 is 0 Å². The summed E-state index contributed by atoms with van der Waals surface area (Å²) in [6.07, 6.45) is 9.63. The molecule has 0 aromatic rings. The van der Waals surface area contributed by atoms with Crippen molar-refractivity contribution in [1.29, 1.82) is 0 Å². The fourth-order valence-electron chi connectivity index (χ4n) is 1.53. The molecular weight excluding hydrogens is 146 g/mol. The van der Waals surface area contributed by atoms with Crippen LogP contribution in [0.15, 0.2) is 34.0 Å². The Balaban J connectivity index is 2.40. The molecular formula is C11H12N. The van der Waals surface area contributed by atoms with Crippen LogP contribution in [-0.4, -0.2) is 5.71 Å². The van der Waals surface area contributed by atoms with Crippen LogP contribution >= 0.6 is 0 Å². The first-order valence-electron chi connectivity index (χ1n) is 4.48. The summed E-state index contributed by atoms with van der Waals surface area (Å²) in [6, 6.07) is 0. The van der Waals surface area contributed by atoms with Gasteiger partial charge >= 0.3 is 0 Å². The summed E-state index contributed by atoms with van der Waals surface area (Å²) in [5.41, 5.74) is 4.81. The van der Waals surface area contributed by atoms with Crippen LogP contribution in [0.2, 0.25) is 0 Å². The largest absolute Gasteiger partial charge is 0.252 e. The Morgan fingerprint density at radius 1 is 1.25 bits per heavy atom. The third kappa shape index (κ3) is 0.970. The molecule has 2 aliphatic rings. The molecule has 0 fully saturated rings. The highest BCUT2D eigenvalue weighted by molar-refractivity contribution is 6.15. The summed E-state index contributed by atoms with van der Waals surface area (Å²) in [5, 5.41) is 0. The molecule has 61 valence electrons. The molecule has 0 N–H and O–H groups in total. The van der Waals surface area contributed by atoms with Crippen LogP contribution in [-0.2, 0) is 0 Å². The molecule has 1 nitrogen and oxygen atoms in total. The van der Waals surface area contributed by atoms with Crippen molar-refractivity contribution >= 4 is 5.71 Å². The molecule has 0 amide bonds. The van der Waals surface area contributed by atoms with Gasteiger partial charge in [-0.3, -0.25) is 4.99 Å². The molecule has 0 saturated carbocycles. The Kier molecular flexibility index (Phi) is 1.72. The quantitative estimate of drug-likeness (QED) is 0.586. The molecule has 1 radical (unpaired) electrons. The summed E-state index contributed by atoms with van der Waals surface area (Å²) >= 11 is 0. The number of hydrogen-bond acceptors (Lipinski definition) is 1. The minimum absolute atomic E-state index is 0.984. The minimum Gasteiger partial charge on any atom is -0.252 e. The molecule has 1 aliphatic heterocycles. The van der Waals surface area contributed by atoms with E-state index in [-0.39, 0.29) is 0 Å². The van der Waals surface area contributed by atoms with Gasteiger partial charge in [-0.2, -0.15) is 0 Å². The number of allylic oxidation sites excluding steroid dienone is 6. The van der Waals surface area contributed by atoms with E-state index in [9.17, 15) is 0 Å². The summed E-state index contributed by atoms with van der Waals surface area (Å²) in [5.74, 6) is 0. The van der Waals surface area contributed by atoms with E-state index in [2.05, 4.69) is 37.1 Å². The van der Waals surface area contributed by atoms with Gasteiger partial charge in [0, 0.05) is 17.3 Å². The second-order valence-electron chi connectivity index (χ2n) is 3.01. The monoisotopic (exact) mass is 158 g/mol. The number of aliphatic imine (C=N–C) groups is 1. The Morgan fingerprint density at radius 2 is 2.08 bits per heavy atom. The van der Waals surface area contributed by atoms with Crippen LogP contribution in [0, 0.1) is 6.08 Å². The zero-order valence-corrected chi connectivity index (χ0v) is 7.52. The van der Waals surface area contributed by atoms with Crippen LogP contribution < -0.4 is 0 Å². The van der Waals surface area contributed by atoms with Crippen LogP contribution in [0.4, 0.5) is 0 Å². The molecule has 0 saturated heterocycles. The zero-order valence-electron chi connectivity index (χ0n) is 7.52. The highest BCUT2D eigenvalue weighted by Gasteiger charge is 2.18. The number of hydrogen-bond donors (Lipinski definition) is 0. The van der Waals surface area contributed by atoms with Gasteiger partial charge in [0.2, 0.25) is 0 Å². The fraction of sp³-hybridized carbons (Fsp3) is 0.364. The maximum absolute atomic E-state index is 4.44. The van der Waals surface area contributed by atoms with E-state index >= 15 is 0 Å².